The number of hydrogen-bond acceptors (Lipinski definition) is 1. The molecule has 0 bridgehead atoms. The van der Waals surface area contributed by atoms with E-state index in [0.717, 1.165) is 23.0 Å². The maximum Gasteiger partial charge on any atom is 0.227 e. The molecule has 1 atom stereocenters. The van der Waals surface area contributed by atoms with E-state index in [2.05, 4.69) is 10.3 Å². The SMILES string of the molecule is CCC(C)C(=O)Nc1cccc2cc[nH]c12. The van der Waals surface area contributed by atoms with Crippen LogP contribution >= 0.6 is 0 Å². The second-order valence-corrected chi connectivity index (χ2v) is 4.05. The van der Waals surface area contributed by atoms with Gasteiger partial charge in [0.05, 0.1) is 11.2 Å². The van der Waals surface area contributed by atoms with E-state index in [1.54, 1.807) is 0 Å². The normalized spacial score (nSPS) is 12.6. The van der Waals surface area contributed by atoms with Gasteiger partial charge in [-0.2, -0.15) is 0 Å². The lowest BCUT2D eigenvalue weighted by Gasteiger charge is -2.10. The molecular weight excluding hydrogens is 200 g/mol. The minimum Gasteiger partial charge on any atom is -0.359 e. The van der Waals surface area contributed by atoms with Gasteiger partial charge in [-0.3, -0.25) is 4.79 Å². The number of carbonyl (C=O) groups excluding carboxylic acids is 1. The van der Waals surface area contributed by atoms with Crippen molar-refractivity contribution in [2.75, 3.05) is 5.32 Å². The van der Waals surface area contributed by atoms with Crippen LogP contribution in [-0.4, -0.2) is 10.9 Å². The van der Waals surface area contributed by atoms with Crippen molar-refractivity contribution in [1.82, 2.24) is 4.98 Å². The molecule has 0 saturated heterocycles. The van der Waals surface area contributed by atoms with Crippen molar-refractivity contribution in [2.45, 2.75) is 20.3 Å². The molecule has 3 nitrogen and oxygen atoms in total. The van der Waals surface area contributed by atoms with Crippen molar-refractivity contribution in [3.05, 3.63) is 30.5 Å². The third kappa shape index (κ3) is 1.94. The molecule has 1 aromatic carbocycles. The van der Waals surface area contributed by atoms with E-state index in [0.29, 0.717) is 0 Å². The molecule has 0 aliphatic rings. The summed E-state index contributed by atoms with van der Waals surface area (Å²) < 4.78 is 0. The van der Waals surface area contributed by atoms with Crippen LogP contribution in [0.4, 0.5) is 5.69 Å². The maximum absolute atomic E-state index is 11.8. The number of nitrogens with one attached hydrogen (secondary N) is 2. The Balaban J connectivity index is 2.27. The van der Waals surface area contributed by atoms with Gasteiger partial charge in [0.15, 0.2) is 0 Å². The predicted molar refractivity (Wildman–Crippen MR) is 66.4 cm³/mol. The Morgan fingerprint density at radius 3 is 3.00 bits per heavy atom. The quantitative estimate of drug-likeness (QED) is 0.813. The average molecular weight is 216 g/mol. The van der Waals surface area contributed by atoms with Gasteiger partial charge in [-0.05, 0) is 18.6 Å². The van der Waals surface area contributed by atoms with Crippen molar-refractivity contribution in [2.24, 2.45) is 5.92 Å². The number of fused-ring (bicyclic) bond motifs is 1. The van der Waals surface area contributed by atoms with E-state index in [4.69, 9.17) is 0 Å². The zero-order valence-electron chi connectivity index (χ0n) is 9.58. The first-order chi connectivity index (χ1) is 7.72. The van der Waals surface area contributed by atoms with Crippen molar-refractivity contribution in [3.63, 3.8) is 0 Å². The van der Waals surface area contributed by atoms with Crippen LogP contribution in [0.25, 0.3) is 10.9 Å². The summed E-state index contributed by atoms with van der Waals surface area (Å²) in [4.78, 5) is 14.9. The Bertz CT molecular complexity index is 501. The number of carbonyl (C=O) groups is 1. The Morgan fingerprint density at radius 1 is 1.44 bits per heavy atom. The van der Waals surface area contributed by atoms with Crippen LogP contribution in [-0.2, 0) is 4.79 Å². The van der Waals surface area contributed by atoms with E-state index in [-0.39, 0.29) is 11.8 Å². The summed E-state index contributed by atoms with van der Waals surface area (Å²) in [6.45, 7) is 3.95. The molecule has 1 amide bonds. The van der Waals surface area contributed by atoms with E-state index in [1.807, 2.05) is 44.3 Å². The fourth-order valence-corrected chi connectivity index (χ4v) is 1.63. The highest BCUT2D eigenvalue weighted by molar-refractivity contribution is 6.01. The summed E-state index contributed by atoms with van der Waals surface area (Å²) in [6, 6.07) is 7.88. The second-order valence-electron chi connectivity index (χ2n) is 4.05. The highest BCUT2D eigenvalue weighted by Gasteiger charge is 2.11. The largest absolute Gasteiger partial charge is 0.359 e. The molecule has 0 spiro atoms. The first-order valence-electron chi connectivity index (χ1n) is 5.59. The van der Waals surface area contributed by atoms with Gasteiger partial charge in [0.2, 0.25) is 5.91 Å². The number of anilines is 1. The van der Waals surface area contributed by atoms with Gasteiger partial charge in [0, 0.05) is 17.5 Å². The van der Waals surface area contributed by atoms with Crippen LogP contribution in [0.2, 0.25) is 0 Å². The minimum absolute atomic E-state index is 0.0465. The number of amides is 1. The van der Waals surface area contributed by atoms with Gasteiger partial charge >= 0.3 is 0 Å². The molecule has 84 valence electrons. The average Bonchev–Trinajstić information content (AvgIpc) is 2.77. The van der Waals surface area contributed by atoms with E-state index < -0.39 is 0 Å². The van der Waals surface area contributed by atoms with Crippen molar-refractivity contribution >= 4 is 22.5 Å². The topological polar surface area (TPSA) is 44.9 Å². The zero-order valence-corrected chi connectivity index (χ0v) is 9.58. The number of benzene rings is 1. The lowest BCUT2D eigenvalue weighted by atomic mass is 10.1. The zero-order chi connectivity index (χ0) is 11.5. The van der Waals surface area contributed by atoms with Gasteiger partial charge in [-0.25, -0.2) is 0 Å². The van der Waals surface area contributed by atoms with Gasteiger partial charge in [0.25, 0.3) is 0 Å². The van der Waals surface area contributed by atoms with E-state index in [9.17, 15) is 4.79 Å². The first kappa shape index (κ1) is 10.7. The molecule has 0 aliphatic heterocycles. The number of hydrogen-bond donors (Lipinski definition) is 2. The lowest BCUT2D eigenvalue weighted by molar-refractivity contribution is -0.119. The Labute approximate surface area is 94.9 Å². The Kier molecular flexibility index (Phi) is 2.95. The molecule has 2 aromatic rings. The molecule has 3 heteroatoms. The lowest BCUT2D eigenvalue weighted by Crippen LogP contribution is -2.19. The molecule has 2 N–H and O–H groups in total. The van der Waals surface area contributed by atoms with Gasteiger partial charge in [0.1, 0.15) is 0 Å². The number of H-pyrrole nitrogens is 1. The first-order valence-corrected chi connectivity index (χ1v) is 5.59. The Hall–Kier alpha value is -1.77. The summed E-state index contributed by atoms with van der Waals surface area (Å²) in [5.41, 5.74) is 1.84. The van der Waals surface area contributed by atoms with Gasteiger partial charge in [-0.1, -0.05) is 26.0 Å². The molecule has 2 rings (SSSR count). The van der Waals surface area contributed by atoms with Crippen molar-refractivity contribution in [1.29, 1.82) is 0 Å². The van der Waals surface area contributed by atoms with Crippen LogP contribution in [0.15, 0.2) is 30.5 Å². The molecule has 0 saturated carbocycles. The molecule has 0 fully saturated rings. The fourth-order valence-electron chi connectivity index (χ4n) is 1.63. The fraction of sp³-hybridized carbons (Fsp3) is 0.308. The summed E-state index contributed by atoms with van der Waals surface area (Å²) in [7, 11) is 0. The van der Waals surface area contributed by atoms with Crippen LogP contribution in [0, 0.1) is 5.92 Å². The van der Waals surface area contributed by atoms with Crippen LogP contribution < -0.4 is 5.32 Å². The molecule has 1 aromatic heterocycles. The smallest absolute Gasteiger partial charge is 0.227 e. The van der Waals surface area contributed by atoms with Crippen molar-refractivity contribution < 1.29 is 4.79 Å². The van der Waals surface area contributed by atoms with Crippen LogP contribution in [0.1, 0.15) is 20.3 Å². The van der Waals surface area contributed by atoms with Crippen LogP contribution in [0.5, 0.6) is 0 Å². The monoisotopic (exact) mass is 216 g/mol. The number of para-hydroxylation sites is 1. The minimum atomic E-state index is 0.0465. The van der Waals surface area contributed by atoms with Crippen LogP contribution in [0.3, 0.4) is 0 Å². The van der Waals surface area contributed by atoms with Gasteiger partial charge < -0.3 is 10.3 Å². The Morgan fingerprint density at radius 2 is 2.25 bits per heavy atom. The van der Waals surface area contributed by atoms with E-state index in [1.165, 1.54) is 0 Å². The summed E-state index contributed by atoms with van der Waals surface area (Å²) in [6.07, 6.45) is 2.73. The highest BCUT2D eigenvalue weighted by Crippen LogP contribution is 2.22. The molecule has 0 aliphatic carbocycles. The molecule has 1 unspecified atom stereocenters. The molecule has 16 heavy (non-hydrogen) atoms. The van der Waals surface area contributed by atoms with Crippen molar-refractivity contribution in [3.8, 4) is 0 Å². The predicted octanol–water partition coefficient (Wildman–Crippen LogP) is 3.15. The second kappa shape index (κ2) is 4.39. The number of rotatable bonds is 3. The molecular formula is C13H16N2O. The number of aromatic amines is 1. The summed E-state index contributed by atoms with van der Waals surface area (Å²) >= 11 is 0. The summed E-state index contributed by atoms with van der Waals surface area (Å²) in [5, 5.41) is 4.06. The van der Waals surface area contributed by atoms with Gasteiger partial charge in [-0.15, -0.1) is 0 Å². The third-order valence-corrected chi connectivity index (χ3v) is 2.91. The molecule has 0 radical (unpaired) electrons. The number of aromatic nitrogens is 1. The summed E-state index contributed by atoms with van der Waals surface area (Å²) in [5.74, 6) is 0.120. The molecule has 1 heterocycles. The maximum atomic E-state index is 11.8. The standard InChI is InChI=1S/C13H16N2O/c1-3-9(2)13(16)15-11-6-4-5-10-7-8-14-12(10)11/h4-9,14H,3H2,1-2H3,(H,15,16). The van der Waals surface area contributed by atoms with E-state index >= 15 is 0 Å². The third-order valence-electron chi connectivity index (χ3n) is 2.91. The highest BCUT2D eigenvalue weighted by atomic mass is 16.1.